The summed E-state index contributed by atoms with van der Waals surface area (Å²) in [4.78, 5) is 18.3. The summed E-state index contributed by atoms with van der Waals surface area (Å²) in [5.41, 5.74) is 5.15. The number of aryl methyl sites for hydroxylation is 1. The molecule has 1 aromatic heterocycles. The van der Waals surface area contributed by atoms with E-state index in [-0.39, 0.29) is 0 Å². The fourth-order valence-corrected chi connectivity index (χ4v) is 4.04. The average Bonchev–Trinajstić information content (AvgIpc) is 2.64. The smallest absolute Gasteiger partial charge is 0.138 e. The van der Waals surface area contributed by atoms with Crippen LogP contribution >= 0.6 is 11.6 Å². The normalized spacial score (nSPS) is 16.3. The van der Waals surface area contributed by atoms with Gasteiger partial charge in [0.15, 0.2) is 0 Å². The number of rotatable bonds is 5. The van der Waals surface area contributed by atoms with Gasteiger partial charge in [-0.05, 0) is 31.2 Å². The molecule has 1 saturated heterocycles. The number of methoxy groups -OCH3 is 1. The Morgan fingerprint density at radius 1 is 1.26 bits per heavy atom. The standard InChI is InChI=1S/C22H27ClN2O2/c1-15-16(8-13-26)21(25-11-9-22(2,3)10-12-25)18(14-24-15)17-6-5-7-19(27-4)20(17)23/h5-7,13-14H,8-12H2,1-4H3. The molecule has 3 rings (SSSR count). The number of anilines is 1. The van der Waals surface area contributed by atoms with Crippen LogP contribution in [0.4, 0.5) is 5.69 Å². The zero-order valence-corrected chi connectivity index (χ0v) is 17.3. The van der Waals surface area contributed by atoms with Crippen LogP contribution < -0.4 is 9.64 Å². The number of ether oxygens (including phenoxy) is 1. The number of pyridine rings is 1. The van der Waals surface area contributed by atoms with Crippen LogP contribution in [0, 0.1) is 12.3 Å². The maximum atomic E-state index is 11.4. The lowest BCUT2D eigenvalue weighted by Gasteiger charge is -2.40. The van der Waals surface area contributed by atoms with E-state index in [1.165, 1.54) is 0 Å². The Morgan fingerprint density at radius 3 is 2.59 bits per heavy atom. The highest BCUT2D eigenvalue weighted by Gasteiger charge is 2.29. The first-order valence-electron chi connectivity index (χ1n) is 9.38. The number of aromatic nitrogens is 1. The van der Waals surface area contributed by atoms with Gasteiger partial charge in [-0.3, -0.25) is 4.98 Å². The van der Waals surface area contributed by atoms with Crippen molar-refractivity contribution in [2.24, 2.45) is 5.41 Å². The number of hydrogen-bond acceptors (Lipinski definition) is 4. The maximum Gasteiger partial charge on any atom is 0.138 e. The van der Waals surface area contributed by atoms with Crippen LogP contribution in [0.15, 0.2) is 24.4 Å². The van der Waals surface area contributed by atoms with Gasteiger partial charge in [0.05, 0.1) is 17.8 Å². The second-order valence-corrected chi connectivity index (χ2v) is 8.31. The molecule has 144 valence electrons. The third-order valence-electron chi connectivity index (χ3n) is 5.56. The van der Waals surface area contributed by atoms with Crippen LogP contribution in [0.25, 0.3) is 11.1 Å². The monoisotopic (exact) mass is 386 g/mol. The number of carbonyl (C=O) groups excluding carboxylic acids is 1. The van der Waals surface area contributed by atoms with E-state index < -0.39 is 0 Å². The van der Waals surface area contributed by atoms with Gasteiger partial charge >= 0.3 is 0 Å². The number of hydrogen-bond donors (Lipinski definition) is 0. The van der Waals surface area contributed by atoms with E-state index in [1.807, 2.05) is 31.3 Å². The minimum atomic E-state index is 0.344. The Labute approximate surface area is 166 Å². The number of halogens is 1. The first-order chi connectivity index (χ1) is 12.9. The number of aldehydes is 1. The van der Waals surface area contributed by atoms with Crippen LogP contribution in [0.2, 0.25) is 5.02 Å². The molecule has 1 aromatic carbocycles. The number of piperidine rings is 1. The van der Waals surface area contributed by atoms with E-state index in [0.29, 0.717) is 22.6 Å². The largest absolute Gasteiger partial charge is 0.495 e. The van der Waals surface area contributed by atoms with Gasteiger partial charge in [0.25, 0.3) is 0 Å². The van der Waals surface area contributed by atoms with Crippen molar-refractivity contribution in [3.63, 3.8) is 0 Å². The minimum Gasteiger partial charge on any atom is -0.495 e. The van der Waals surface area contributed by atoms with Crippen LogP contribution in [0.5, 0.6) is 5.75 Å². The van der Waals surface area contributed by atoms with Gasteiger partial charge in [-0.1, -0.05) is 37.6 Å². The number of benzene rings is 1. The predicted octanol–water partition coefficient (Wildman–Crippen LogP) is 5.09. The van der Waals surface area contributed by atoms with Gasteiger partial charge in [-0.15, -0.1) is 0 Å². The molecule has 2 heterocycles. The molecular weight excluding hydrogens is 360 g/mol. The summed E-state index contributed by atoms with van der Waals surface area (Å²) in [6, 6.07) is 5.77. The van der Waals surface area contributed by atoms with Crippen LogP contribution in [-0.2, 0) is 11.2 Å². The highest BCUT2D eigenvalue weighted by atomic mass is 35.5. The summed E-state index contributed by atoms with van der Waals surface area (Å²) in [5, 5.41) is 0.571. The molecule has 1 aliphatic rings. The number of nitrogens with zero attached hydrogens (tertiary/aromatic N) is 2. The Kier molecular flexibility index (Phi) is 5.75. The lowest BCUT2D eigenvalue weighted by molar-refractivity contribution is -0.107. The van der Waals surface area contributed by atoms with Gasteiger partial charge in [0.2, 0.25) is 0 Å². The molecule has 0 bridgehead atoms. The lowest BCUT2D eigenvalue weighted by Crippen LogP contribution is -2.38. The zero-order chi connectivity index (χ0) is 19.6. The van der Waals surface area contributed by atoms with E-state index in [0.717, 1.165) is 60.3 Å². The van der Waals surface area contributed by atoms with Crippen LogP contribution in [0.3, 0.4) is 0 Å². The summed E-state index contributed by atoms with van der Waals surface area (Å²) < 4.78 is 5.40. The average molecular weight is 387 g/mol. The van der Waals surface area contributed by atoms with Crippen molar-refractivity contribution in [3.05, 3.63) is 40.7 Å². The topological polar surface area (TPSA) is 42.4 Å². The fraction of sp³-hybridized carbons (Fsp3) is 0.455. The summed E-state index contributed by atoms with van der Waals surface area (Å²) in [6.45, 7) is 8.50. The van der Waals surface area contributed by atoms with Crippen molar-refractivity contribution in [2.45, 2.75) is 40.0 Å². The Bertz CT molecular complexity index is 838. The molecule has 0 aliphatic carbocycles. The second-order valence-electron chi connectivity index (χ2n) is 7.93. The molecule has 4 nitrogen and oxygen atoms in total. The summed E-state index contributed by atoms with van der Waals surface area (Å²) in [7, 11) is 1.61. The van der Waals surface area contributed by atoms with Crippen molar-refractivity contribution in [1.29, 1.82) is 0 Å². The van der Waals surface area contributed by atoms with E-state index in [2.05, 4.69) is 23.7 Å². The molecule has 1 aliphatic heterocycles. The Balaban J connectivity index is 2.17. The van der Waals surface area contributed by atoms with E-state index in [9.17, 15) is 4.79 Å². The lowest BCUT2D eigenvalue weighted by atomic mass is 9.82. The molecule has 27 heavy (non-hydrogen) atoms. The predicted molar refractivity (Wildman–Crippen MR) is 111 cm³/mol. The number of carbonyl (C=O) groups is 1. The molecule has 5 heteroatoms. The van der Waals surface area contributed by atoms with Crippen molar-refractivity contribution < 1.29 is 9.53 Å². The van der Waals surface area contributed by atoms with Gasteiger partial charge in [0.1, 0.15) is 12.0 Å². The van der Waals surface area contributed by atoms with E-state index in [1.54, 1.807) is 7.11 Å². The fourth-order valence-electron chi connectivity index (χ4n) is 3.73. The van der Waals surface area contributed by atoms with E-state index >= 15 is 0 Å². The Hall–Kier alpha value is -2.07. The van der Waals surface area contributed by atoms with Crippen molar-refractivity contribution in [2.75, 3.05) is 25.1 Å². The van der Waals surface area contributed by atoms with Crippen molar-refractivity contribution in [1.82, 2.24) is 4.98 Å². The highest BCUT2D eigenvalue weighted by Crippen LogP contribution is 2.43. The molecule has 0 atom stereocenters. The first kappa shape index (κ1) is 19.7. The minimum absolute atomic E-state index is 0.344. The highest BCUT2D eigenvalue weighted by molar-refractivity contribution is 6.35. The molecule has 1 fully saturated rings. The molecule has 2 aromatic rings. The van der Waals surface area contributed by atoms with Gasteiger partial charge in [-0.2, -0.15) is 0 Å². The van der Waals surface area contributed by atoms with Gasteiger partial charge in [-0.25, -0.2) is 0 Å². The second kappa shape index (κ2) is 7.89. The third-order valence-corrected chi connectivity index (χ3v) is 5.95. The summed E-state index contributed by atoms with van der Waals surface area (Å²) in [5.74, 6) is 0.636. The molecule has 0 amide bonds. The molecule has 0 saturated carbocycles. The van der Waals surface area contributed by atoms with Crippen LogP contribution in [-0.4, -0.2) is 31.5 Å². The van der Waals surface area contributed by atoms with Crippen molar-refractivity contribution in [3.8, 4) is 16.9 Å². The molecule has 0 radical (unpaired) electrons. The third kappa shape index (κ3) is 3.96. The van der Waals surface area contributed by atoms with Gasteiger partial charge < -0.3 is 14.4 Å². The first-order valence-corrected chi connectivity index (χ1v) is 9.75. The molecule has 0 N–H and O–H groups in total. The molecule has 0 unspecified atom stereocenters. The van der Waals surface area contributed by atoms with Crippen LogP contribution in [0.1, 0.15) is 37.9 Å². The zero-order valence-electron chi connectivity index (χ0n) is 16.5. The molecular formula is C22H27ClN2O2. The van der Waals surface area contributed by atoms with Crippen molar-refractivity contribution >= 4 is 23.6 Å². The summed E-state index contributed by atoms with van der Waals surface area (Å²) >= 11 is 6.63. The summed E-state index contributed by atoms with van der Waals surface area (Å²) in [6.07, 6.45) is 5.40. The molecule has 0 spiro atoms. The van der Waals surface area contributed by atoms with E-state index in [4.69, 9.17) is 16.3 Å². The van der Waals surface area contributed by atoms with Gasteiger partial charge in [0, 0.05) is 48.1 Å². The SMILES string of the molecule is COc1cccc(-c2cnc(C)c(CC=O)c2N2CCC(C)(C)CC2)c1Cl. The quantitative estimate of drug-likeness (QED) is 0.671. The maximum absolute atomic E-state index is 11.4. The Morgan fingerprint density at radius 2 is 1.96 bits per heavy atom.